The van der Waals surface area contributed by atoms with E-state index >= 15 is 0 Å². The average Bonchev–Trinajstić information content (AvgIpc) is 2.37. The normalized spacial score (nSPS) is 17.9. The summed E-state index contributed by atoms with van der Waals surface area (Å²) in [5, 5.41) is 9.72. The summed E-state index contributed by atoms with van der Waals surface area (Å²) >= 11 is 0. The molecule has 0 radical (unpaired) electrons. The maximum absolute atomic E-state index is 11.2. The maximum Gasteiger partial charge on any atom is 0.490 e. The molecule has 0 aromatic heterocycles. The van der Waals surface area contributed by atoms with Crippen LogP contribution in [0, 0.1) is 5.92 Å². The van der Waals surface area contributed by atoms with Gasteiger partial charge in [0, 0.05) is 7.05 Å². The molecule has 1 atom stereocenters. The molecule has 8 heteroatoms. The van der Waals surface area contributed by atoms with Crippen LogP contribution in [0.1, 0.15) is 32.1 Å². The predicted octanol–water partition coefficient (Wildman–Crippen LogP) is 1.27. The summed E-state index contributed by atoms with van der Waals surface area (Å²) in [4.78, 5) is 20.1. The Labute approximate surface area is 109 Å². The summed E-state index contributed by atoms with van der Waals surface area (Å²) in [7, 11) is 1.64. The minimum atomic E-state index is -5.08. The summed E-state index contributed by atoms with van der Waals surface area (Å²) in [5.74, 6) is -2.35. The quantitative estimate of drug-likeness (QED) is 0.712. The van der Waals surface area contributed by atoms with Gasteiger partial charge in [-0.25, -0.2) is 4.79 Å². The lowest BCUT2D eigenvalue weighted by Gasteiger charge is -2.25. The summed E-state index contributed by atoms with van der Waals surface area (Å²) in [6.07, 6.45) is 0.921. The van der Waals surface area contributed by atoms with Crippen molar-refractivity contribution < 1.29 is 27.9 Å². The minimum Gasteiger partial charge on any atom is -0.475 e. The van der Waals surface area contributed by atoms with Gasteiger partial charge in [0.1, 0.15) is 0 Å². The van der Waals surface area contributed by atoms with Crippen LogP contribution in [0.3, 0.4) is 0 Å². The molecule has 1 amide bonds. The van der Waals surface area contributed by atoms with E-state index in [0.717, 1.165) is 12.8 Å². The second kappa shape index (κ2) is 7.98. The molecule has 0 aromatic rings. The zero-order valence-electron chi connectivity index (χ0n) is 10.7. The third kappa shape index (κ3) is 7.00. The van der Waals surface area contributed by atoms with Gasteiger partial charge in [0.2, 0.25) is 5.91 Å². The maximum atomic E-state index is 11.2. The Bertz CT molecular complexity index is 302. The van der Waals surface area contributed by atoms with Gasteiger partial charge >= 0.3 is 12.1 Å². The van der Waals surface area contributed by atoms with E-state index < -0.39 is 12.1 Å². The number of carbonyl (C=O) groups excluding carboxylic acids is 1. The lowest BCUT2D eigenvalue weighted by Crippen LogP contribution is -2.44. The van der Waals surface area contributed by atoms with Crippen LogP contribution < -0.4 is 11.1 Å². The van der Waals surface area contributed by atoms with E-state index in [9.17, 15) is 18.0 Å². The van der Waals surface area contributed by atoms with Crippen molar-refractivity contribution in [3.05, 3.63) is 0 Å². The van der Waals surface area contributed by atoms with Gasteiger partial charge in [-0.15, -0.1) is 0 Å². The fraction of sp³-hybridized carbons (Fsp3) is 0.818. The molecule has 112 valence electrons. The van der Waals surface area contributed by atoms with Crippen molar-refractivity contribution in [2.45, 2.75) is 44.3 Å². The summed E-state index contributed by atoms with van der Waals surface area (Å²) in [5.41, 5.74) is 5.79. The van der Waals surface area contributed by atoms with Crippen molar-refractivity contribution in [2.24, 2.45) is 11.7 Å². The molecule has 1 aliphatic carbocycles. The second-order valence-corrected chi connectivity index (χ2v) is 4.34. The largest absolute Gasteiger partial charge is 0.490 e. The monoisotopic (exact) mass is 284 g/mol. The van der Waals surface area contributed by atoms with Crippen LogP contribution in [-0.2, 0) is 9.59 Å². The van der Waals surface area contributed by atoms with Crippen LogP contribution in [0.2, 0.25) is 0 Å². The minimum absolute atomic E-state index is 0.0121. The van der Waals surface area contributed by atoms with Gasteiger partial charge in [-0.2, -0.15) is 13.2 Å². The van der Waals surface area contributed by atoms with E-state index in [1.54, 1.807) is 7.05 Å². The van der Waals surface area contributed by atoms with Crippen molar-refractivity contribution in [3.63, 3.8) is 0 Å². The molecule has 0 unspecified atom stereocenters. The molecular formula is C11H19F3N2O3. The molecule has 5 nitrogen and oxygen atoms in total. The Kier molecular flexibility index (Phi) is 7.43. The number of hydrogen-bond donors (Lipinski definition) is 3. The number of rotatable bonds is 2. The van der Waals surface area contributed by atoms with Crippen LogP contribution >= 0.6 is 0 Å². The second-order valence-electron chi connectivity index (χ2n) is 4.34. The SMILES string of the molecule is CNC(=O)[C@@H](N)C1CCCCC1.O=C(O)C(F)(F)F. The first-order chi connectivity index (χ1) is 8.70. The van der Waals surface area contributed by atoms with Crippen LogP contribution in [0.4, 0.5) is 13.2 Å². The Balaban J connectivity index is 0.000000399. The van der Waals surface area contributed by atoms with Crippen molar-refractivity contribution in [1.82, 2.24) is 5.32 Å². The number of amides is 1. The number of nitrogens with two attached hydrogens (primary N) is 1. The molecule has 1 fully saturated rings. The predicted molar refractivity (Wildman–Crippen MR) is 62.3 cm³/mol. The molecule has 0 aliphatic heterocycles. The fourth-order valence-corrected chi connectivity index (χ4v) is 1.87. The van der Waals surface area contributed by atoms with E-state index in [4.69, 9.17) is 15.6 Å². The Morgan fingerprint density at radius 2 is 1.68 bits per heavy atom. The number of nitrogens with one attached hydrogen (secondary N) is 1. The summed E-state index contributed by atoms with van der Waals surface area (Å²) in [6.45, 7) is 0. The van der Waals surface area contributed by atoms with Gasteiger partial charge in [0.05, 0.1) is 6.04 Å². The average molecular weight is 284 g/mol. The van der Waals surface area contributed by atoms with Crippen LogP contribution in [-0.4, -0.2) is 36.2 Å². The molecule has 4 N–H and O–H groups in total. The van der Waals surface area contributed by atoms with E-state index in [1.807, 2.05) is 0 Å². The van der Waals surface area contributed by atoms with Crippen LogP contribution in [0.25, 0.3) is 0 Å². The third-order valence-electron chi connectivity index (χ3n) is 2.95. The van der Waals surface area contributed by atoms with E-state index in [0.29, 0.717) is 5.92 Å². The molecule has 0 aromatic carbocycles. The van der Waals surface area contributed by atoms with Crippen molar-refractivity contribution >= 4 is 11.9 Å². The first-order valence-corrected chi connectivity index (χ1v) is 5.97. The van der Waals surface area contributed by atoms with E-state index in [1.165, 1.54) is 19.3 Å². The zero-order chi connectivity index (χ0) is 15.1. The number of carboxylic acids is 1. The third-order valence-corrected chi connectivity index (χ3v) is 2.95. The number of hydrogen-bond acceptors (Lipinski definition) is 3. The standard InChI is InChI=1S/C9H18N2O.C2HF3O2/c1-11-9(12)8(10)7-5-3-2-4-6-7;3-2(4,5)1(6)7/h7-8H,2-6,10H2,1H3,(H,11,12);(H,6,7)/t8-;/m0./s1. The highest BCUT2D eigenvalue weighted by Crippen LogP contribution is 2.25. The molecule has 0 saturated heterocycles. The summed E-state index contributed by atoms with van der Waals surface area (Å²) < 4.78 is 31.7. The molecule has 1 rings (SSSR count). The number of likely N-dealkylation sites (N-methyl/N-ethyl adjacent to an activating group) is 1. The highest BCUT2D eigenvalue weighted by atomic mass is 19.4. The first-order valence-electron chi connectivity index (χ1n) is 5.97. The molecule has 0 heterocycles. The smallest absolute Gasteiger partial charge is 0.475 e. The van der Waals surface area contributed by atoms with Crippen molar-refractivity contribution in [3.8, 4) is 0 Å². The van der Waals surface area contributed by atoms with Gasteiger partial charge in [-0.3, -0.25) is 4.79 Å². The molecule has 1 saturated carbocycles. The number of alkyl halides is 3. The van der Waals surface area contributed by atoms with Crippen LogP contribution in [0.15, 0.2) is 0 Å². The number of aliphatic carboxylic acids is 1. The lowest BCUT2D eigenvalue weighted by molar-refractivity contribution is -0.192. The van der Waals surface area contributed by atoms with Gasteiger partial charge in [0.25, 0.3) is 0 Å². The van der Waals surface area contributed by atoms with E-state index in [2.05, 4.69) is 5.32 Å². The Hall–Kier alpha value is -1.31. The molecule has 1 aliphatic rings. The number of carboxylic acid groups (broad SMARTS) is 1. The molecule has 0 spiro atoms. The van der Waals surface area contributed by atoms with Crippen LogP contribution in [0.5, 0.6) is 0 Å². The molecule has 19 heavy (non-hydrogen) atoms. The summed E-state index contributed by atoms with van der Waals surface area (Å²) in [6, 6.07) is -0.282. The zero-order valence-corrected chi connectivity index (χ0v) is 10.7. The number of carbonyl (C=O) groups is 2. The molecule has 0 bridgehead atoms. The lowest BCUT2D eigenvalue weighted by atomic mass is 9.84. The van der Waals surface area contributed by atoms with E-state index in [-0.39, 0.29) is 11.9 Å². The Morgan fingerprint density at radius 1 is 1.26 bits per heavy atom. The Morgan fingerprint density at radius 3 is 2.00 bits per heavy atom. The van der Waals surface area contributed by atoms with Gasteiger partial charge in [0.15, 0.2) is 0 Å². The van der Waals surface area contributed by atoms with Gasteiger partial charge in [-0.05, 0) is 18.8 Å². The van der Waals surface area contributed by atoms with Gasteiger partial charge < -0.3 is 16.2 Å². The molecular weight excluding hydrogens is 265 g/mol. The first kappa shape index (κ1) is 17.7. The fourth-order valence-electron chi connectivity index (χ4n) is 1.87. The van der Waals surface area contributed by atoms with Crippen molar-refractivity contribution in [2.75, 3.05) is 7.05 Å². The van der Waals surface area contributed by atoms with Gasteiger partial charge in [-0.1, -0.05) is 19.3 Å². The highest BCUT2D eigenvalue weighted by molar-refractivity contribution is 5.81. The highest BCUT2D eigenvalue weighted by Gasteiger charge is 2.38. The topological polar surface area (TPSA) is 92.4 Å². The van der Waals surface area contributed by atoms with Crippen molar-refractivity contribution in [1.29, 1.82) is 0 Å². The number of halogens is 3.